The Bertz CT molecular complexity index is 553. The van der Waals surface area contributed by atoms with Crippen LogP contribution in [0.5, 0.6) is 0 Å². The van der Waals surface area contributed by atoms with Crippen molar-refractivity contribution >= 4 is 11.8 Å². The highest BCUT2D eigenvalue weighted by atomic mass is 16.5. The average molecular weight is 278 g/mol. The van der Waals surface area contributed by atoms with Crippen molar-refractivity contribution in [1.29, 1.82) is 0 Å². The third-order valence-corrected chi connectivity index (χ3v) is 4.23. The van der Waals surface area contributed by atoms with Crippen LogP contribution in [0.4, 0.5) is 0 Å². The highest BCUT2D eigenvalue weighted by Crippen LogP contribution is 2.38. The fourth-order valence-corrected chi connectivity index (χ4v) is 3.14. The molecule has 20 heavy (non-hydrogen) atoms. The minimum Gasteiger partial charge on any atom is -0.453 e. The summed E-state index contributed by atoms with van der Waals surface area (Å²) >= 11 is 0. The predicted molar refractivity (Wildman–Crippen MR) is 69.8 cm³/mol. The van der Waals surface area contributed by atoms with Crippen LogP contribution in [0.3, 0.4) is 0 Å². The van der Waals surface area contributed by atoms with Crippen molar-refractivity contribution in [2.75, 3.05) is 20.2 Å². The number of amides is 2. The number of rotatable bonds is 3. The summed E-state index contributed by atoms with van der Waals surface area (Å²) in [6, 6.07) is 3.41. The maximum absolute atomic E-state index is 12.6. The first-order chi connectivity index (χ1) is 9.56. The van der Waals surface area contributed by atoms with E-state index in [2.05, 4.69) is 0 Å². The second kappa shape index (κ2) is 4.63. The maximum atomic E-state index is 12.6. The number of hydrogen-bond acceptors (Lipinski definition) is 4. The van der Waals surface area contributed by atoms with Gasteiger partial charge in [-0.25, -0.2) is 0 Å². The molecule has 1 unspecified atom stereocenters. The minimum absolute atomic E-state index is 0.127. The molecule has 0 bridgehead atoms. The van der Waals surface area contributed by atoms with Crippen LogP contribution in [0.1, 0.15) is 36.1 Å². The first kappa shape index (κ1) is 13.2. The number of ether oxygens (including phenoxy) is 1. The molecular formula is C14H18N2O4. The van der Waals surface area contributed by atoms with Crippen molar-refractivity contribution < 1.29 is 18.7 Å². The summed E-state index contributed by atoms with van der Waals surface area (Å²) < 4.78 is 10.5. The van der Waals surface area contributed by atoms with Crippen molar-refractivity contribution in [3.05, 3.63) is 23.7 Å². The molecular weight excluding hydrogens is 260 g/mol. The molecule has 1 aromatic rings. The summed E-state index contributed by atoms with van der Waals surface area (Å²) in [4.78, 5) is 27.9. The van der Waals surface area contributed by atoms with Crippen molar-refractivity contribution in [1.82, 2.24) is 9.80 Å². The standard InChI is InChI=1S/C14H18N2O4/c1-14-6-5-12(17)15(14)7-8-16(14)13(18)11-4-3-10(20-11)9-19-2/h3-4H,5-9H2,1-2H3. The van der Waals surface area contributed by atoms with Gasteiger partial charge in [0.05, 0.1) is 0 Å². The first-order valence-corrected chi connectivity index (χ1v) is 6.76. The molecule has 2 fully saturated rings. The van der Waals surface area contributed by atoms with Crippen LogP contribution in [-0.4, -0.2) is 47.5 Å². The van der Waals surface area contributed by atoms with Crippen molar-refractivity contribution in [3.8, 4) is 0 Å². The van der Waals surface area contributed by atoms with Crippen LogP contribution in [-0.2, 0) is 16.1 Å². The number of furan rings is 1. The number of fused-ring (bicyclic) bond motifs is 1. The second-order valence-electron chi connectivity index (χ2n) is 5.42. The molecule has 2 aliphatic rings. The maximum Gasteiger partial charge on any atom is 0.291 e. The lowest BCUT2D eigenvalue weighted by Crippen LogP contribution is -2.50. The fourth-order valence-electron chi connectivity index (χ4n) is 3.14. The molecule has 0 N–H and O–H groups in total. The van der Waals surface area contributed by atoms with Gasteiger partial charge in [-0.3, -0.25) is 9.59 Å². The molecule has 0 radical (unpaired) electrons. The van der Waals surface area contributed by atoms with E-state index in [0.717, 1.165) is 0 Å². The number of carbonyl (C=O) groups excluding carboxylic acids is 2. The van der Waals surface area contributed by atoms with Gasteiger partial charge in [0.1, 0.15) is 18.0 Å². The number of methoxy groups -OCH3 is 1. The fraction of sp³-hybridized carbons (Fsp3) is 0.571. The van der Waals surface area contributed by atoms with Gasteiger partial charge in [0.15, 0.2) is 5.76 Å². The second-order valence-corrected chi connectivity index (χ2v) is 5.42. The van der Waals surface area contributed by atoms with Crippen molar-refractivity contribution in [2.24, 2.45) is 0 Å². The number of hydrogen-bond donors (Lipinski definition) is 0. The summed E-state index contributed by atoms with van der Waals surface area (Å²) in [5, 5.41) is 0. The van der Waals surface area contributed by atoms with Crippen LogP contribution in [0.2, 0.25) is 0 Å². The molecule has 2 amide bonds. The van der Waals surface area contributed by atoms with Crippen molar-refractivity contribution in [2.45, 2.75) is 32.0 Å². The lowest BCUT2D eigenvalue weighted by atomic mass is 10.1. The predicted octanol–water partition coefficient (Wildman–Crippen LogP) is 1.22. The van der Waals surface area contributed by atoms with Gasteiger partial charge >= 0.3 is 0 Å². The summed E-state index contributed by atoms with van der Waals surface area (Å²) in [6.45, 7) is 3.45. The molecule has 2 aliphatic heterocycles. The van der Waals surface area contributed by atoms with Crippen LogP contribution >= 0.6 is 0 Å². The van der Waals surface area contributed by atoms with Gasteiger partial charge in [-0.1, -0.05) is 0 Å². The molecule has 3 heterocycles. The van der Waals surface area contributed by atoms with E-state index in [1.54, 1.807) is 29.0 Å². The molecule has 0 spiro atoms. The van der Waals surface area contributed by atoms with Gasteiger partial charge in [-0.05, 0) is 25.5 Å². The summed E-state index contributed by atoms with van der Waals surface area (Å²) in [5.74, 6) is 0.897. The Hall–Kier alpha value is -1.82. The number of carbonyl (C=O) groups is 2. The van der Waals surface area contributed by atoms with E-state index in [-0.39, 0.29) is 11.8 Å². The Morgan fingerprint density at radius 3 is 3.00 bits per heavy atom. The zero-order valence-electron chi connectivity index (χ0n) is 11.7. The lowest BCUT2D eigenvalue weighted by Gasteiger charge is -2.35. The van der Waals surface area contributed by atoms with E-state index in [1.807, 2.05) is 6.92 Å². The molecule has 3 rings (SSSR count). The van der Waals surface area contributed by atoms with E-state index in [9.17, 15) is 9.59 Å². The summed E-state index contributed by atoms with van der Waals surface area (Å²) in [5.41, 5.74) is -0.498. The van der Waals surface area contributed by atoms with Crippen LogP contribution in [0, 0.1) is 0 Å². The zero-order chi connectivity index (χ0) is 14.3. The van der Waals surface area contributed by atoms with Gasteiger partial charge in [0.2, 0.25) is 5.91 Å². The summed E-state index contributed by atoms with van der Waals surface area (Å²) in [6.07, 6.45) is 1.19. The van der Waals surface area contributed by atoms with E-state index in [4.69, 9.17) is 9.15 Å². The normalized spacial score (nSPS) is 25.4. The molecule has 0 aromatic carbocycles. The third-order valence-electron chi connectivity index (χ3n) is 4.23. The molecule has 2 saturated heterocycles. The average Bonchev–Trinajstić information content (AvgIpc) is 3.07. The van der Waals surface area contributed by atoms with E-state index >= 15 is 0 Å². The third kappa shape index (κ3) is 1.83. The van der Waals surface area contributed by atoms with Gasteiger partial charge in [-0.2, -0.15) is 0 Å². The van der Waals surface area contributed by atoms with E-state index in [0.29, 0.717) is 44.1 Å². The number of nitrogens with zero attached hydrogens (tertiary/aromatic N) is 2. The largest absolute Gasteiger partial charge is 0.453 e. The molecule has 108 valence electrons. The van der Waals surface area contributed by atoms with Gasteiger partial charge < -0.3 is 19.0 Å². The Kier molecular flexibility index (Phi) is 3.05. The highest BCUT2D eigenvalue weighted by Gasteiger charge is 2.52. The van der Waals surface area contributed by atoms with Crippen molar-refractivity contribution in [3.63, 3.8) is 0 Å². The summed E-state index contributed by atoms with van der Waals surface area (Å²) in [7, 11) is 1.58. The van der Waals surface area contributed by atoms with Gasteiger partial charge in [-0.15, -0.1) is 0 Å². The Labute approximate surface area is 117 Å². The smallest absolute Gasteiger partial charge is 0.291 e. The SMILES string of the molecule is COCc1ccc(C(=O)N2CCN3C(=O)CCC32C)o1. The van der Waals surface area contributed by atoms with E-state index < -0.39 is 5.66 Å². The first-order valence-electron chi connectivity index (χ1n) is 6.76. The van der Waals surface area contributed by atoms with Crippen LogP contribution in [0.25, 0.3) is 0 Å². The van der Waals surface area contributed by atoms with Crippen LogP contribution in [0.15, 0.2) is 16.5 Å². The van der Waals surface area contributed by atoms with Crippen LogP contribution < -0.4 is 0 Å². The molecule has 6 nitrogen and oxygen atoms in total. The monoisotopic (exact) mass is 278 g/mol. The molecule has 0 saturated carbocycles. The molecule has 0 aliphatic carbocycles. The highest BCUT2D eigenvalue weighted by molar-refractivity contribution is 5.93. The van der Waals surface area contributed by atoms with E-state index in [1.165, 1.54) is 0 Å². The quantitative estimate of drug-likeness (QED) is 0.834. The Morgan fingerprint density at radius 1 is 1.45 bits per heavy atom. The molecule has 6 heteroatoms. The van der Waals surface area contributed by atoms with Gasteiger partial charge in [0, 0.05) is 26.6 Å². The van der Waals surface area contributed by atoms with Gasteiger partial charge in [0.25, 0.3) is 5.91 Å². The Morgan fingerprint density at radius 2 is 2.25 bits per heavy atom. The molecule has 1 aromatic heterocycles. The lowest BCUT2D eigenvalue weighted by molar-refractivity contribution is -0.130. The topological polar surface area (TPSA) is 63.0 Å². The minimum atomic E-state index is -0.498. The zero-order valence-corrected chi connectivity index (χ0v) is 11.7. The molecule has 1 atom stereocenters. The Balaban J connectivity index is 1.82.